The van der Waals surface area contributed by atoms with Crippen LogP contribution in [0.2, 0.25) is 0 Å². The minimum atomic E-state index is -4.83. The van der Waals surface area contributed by atoms with E-state index in [1.807, 2.05) is 37.3 Å². The first-order chi connectivity index (χ1) is 15.3. The standard InChI is InChI=1S/C23H17F4N3O2/c1-2-21-28-19(14-6-4-3-5-7-14)12-22(31)30(21)13-16-11-20(29-32-16)15-8-9-18(24)17(10-15)23(25,26)27/h3-12H,2,13H2,1H3. The molecule has 0 atom stereocenters. The molecule has 4 aromatic rings. The van der Waals surface area contributed by atoms with Crippen molar-refractivity contribution < 1.29 is 22.1 Å². The number of halogens is 4. The minimum Gasteiger partial charge on any atom is -0.359 e. The van der Waals surface area contributed by atoms with Gasteiger partial charge in [-0.1, -0.05) is 42.4 Å². The molecule has 0 unspecified atom stereocenters. The second kappa shape index (κ2) is 8.41. The summed E-state index contributed by atoms with van der Waals surface area (Å²) in [6.07, 6.45) is -4.36. The van der Waals surface area contributed by atoms with Crippen molar-refractivity contribution in [1.82, 2.24) is 14.7 Å². The van der Waals surface area contributed by atoms with Crippen molar-refractivity contribution in [2.45, 2.75) is 26.1 Å². The number of alkyl halides is 3. The predicted octanol–water partition coefficient (Wildman–Crippen LogP) is 5.33. The monoisotopic (exact) mass is 443 g/mol. The molecule has 0 aliphatic carbocycles. The Balaban J connectivity index is 1.65. The molecule has 4 rings (SSSR count). The van der Waals surface area contributed by atoms with Gasteiger partial charge in [-0.3, -0.25) is 9.36 Å². The summed E-state index contributed by atoms with van der Waals surface area (Å²) in [5.41, 5.74) is -0.169. The molecule has 2 heterocycles. The first-order valence-electron chi connectivity index (χ1n) is 9.75. The van der Waals surface area contributed by atoms with Crippen LogP contribution >= 0.6 is 0 Å². The molecule has 0 saturated heterocycles. The molecule has 0 saturated carbocycles. The van der Waals surface area contributed by atoms with Crippen molar-refractivity contribution in [2.75, 3.05) is 0 Å². The van der Waals surface area contributed by atoms with Gasteiger partial charge in [0.2, 0.25) is 0 Å². The molecule has 0 radical (unpaired) electrons. The Labute approximate surface area is 180 Å². The fourth-order valence-electron chi connectivity index (χ4n) is 3.33. The maximum absolute atomic E-state index is 13.5. The Morgan fingerprint density at radius 1 is 0.969 bits per heavy atom. The van der Waals surface area contributed by atoms with Gasteiger partial charge in [0.05, 0.1) is 17.8 Å². The topological polar surface area (TPSA) is 60.9 Å². The van der Waals surface area contributed by atoms with Gasteiger partial charge in [-0.15, -0.1) is 0 Å². The van der Waals surface area contributed by atoms with Gasteiger partial charge in [-0.05, 0) is 18.2 Å². The molecule has 164 valence electrons. The second-order valence-electron chi connectivity index (χ2n) is 7.07. The second-order valence-corrected chi connectivity index (χ2v) is 7.07. The minimum absolute atomic E-state index is 0.00436. The lowest BCUT2D eigenvalue weighted by molar-refractivity contribution is -0.139. The molecule has 2 aromatic carbocycles. The van der Waals surface area contributed by atoms with Crippen LogP contribution in [0.1, 0.15) is 24.1 Å². The van der Waals surface area contributed by atoms with Crippen LogP contribution in [0.15, 0.2) is 70.0 Å². The molecule has 0 bridgehead atoms. The molecule has 0 aliphatic heterocycles. The van der Waals surface area contributed by atoms with E-state index in [-0.39, 0.29) is 29.1 Å². The van der Waals surface area contributed by atoms with Crippen LogP contribution in [-0.4, -0.2) is 14.7 Å². The molecule has 5 nitrogen and oxygen atoms in total. The number of rotatable bonds is 5. The highest BCUT2D eigenvalue weighted by molar-refractivity contribution is 5.60. The molecule has 9 heteroatoms. The average Bonchev–Trinajstić information content (AvgIpc) is 3.23. The zero-order chi connectivity index (χ0) is 22.9. The van der Waals surface area contributed by atoms with E-state index in [0.717, 1.165) is 11.6 Å². The van der Waals surface area contributed by atoms with E-state index in [9.17, 15) is 22.4 Å². The van der Waals surface area contributed by atoms with Gasteiger partial charge in [0.1, 0.15) is 17.3 Å². The number of hydrogen-bond acceptors (Lipinski definition) is 4. The van der Waals surface area contributed by atoms with Crippen molar-refractivity contribution in [1.29, 1.82) is 0 Å². The average molecular weight is 443 g/mol. The first kappa shape index (κ1) is 21.5. The Bertz CT molecular complexity index is 1310. The van der Waals surface area contributed by atoms with Crippen LogP contribution in [0, 0.1) is 5.82 Å². The number of hydrogen-bond donors (Lipinski definition) is 0. The summed E-state index contributed by atoms with van der Waals surface area (Å²) >= 11 is 0. The number of nitrogens with zero attached hydrogens (tertiary/aromatic N) is 3. The van der Waals surface area contributed by atoms with Crippen LogP contribution in [0.4, 0.5) is 17.6 Å². The molecular formula is C23H17F4N3O2. The van der Waals surface area contributed by atoms with Crippen LogP contribution in [-0.2, 0) is 19.1 Å². The summed E-state index contributed by atoms with van der Waals surface area (Å²) in [4.78, 5) is 17.3. The highest BCUT2D eigenvalue weighted by atomic mass is 19.4. The van der Waals surface area contributed by atoms with Gasteiger partial charge in [0, 0.05) is 29.7 Å². The maximum atomic E-state index is 13.5. The highest BCUT2D eigenvalue weighted by Crippen LogP contribution is 2.34. The molecule has 0 fully saturated rings. The summed E-state index contributed by atoms with van der Waals surface area (Å²) in [6, 6.07) is 14.7. The lowest BCUT2D eigenvalue weighted by Gasteiger charge is -2.11. The van der Waals surface area contributed by atoms with Gasteiger partial charge in [0.25, 0.3) is 5.56 Å². The van der Waals surface area contributed by atoms with Gasteiger partial charge >= 0.3 is 6.18 Å². The van der Waals surface area contributed by atoms with E-state index < -0.39 is 17.6 Å². The summed E-state index contributed by atoms with van der Waals surface area (Å²) in [6.45, 7) is 1.86. The summed E-state index contributed by atoms with van der Waals surface area (Å²) < 4.78 is 59.2. The van der Waals surface area contributed by atoms with Gasteiger partial charge in [-0.2, -0.15) is 13.2 Å². The van der Waals surface area contributed by atoms with Crippen molar-refractivity contribution >= 4 is 0 Å². The van der Waals surface area contributed by atoms with Gasteiger partial charge in [0.15, 0.2) is 5.76 Å². The largest absolute Gasteiger partial charge is 0.419 e. The normalized spacial score (nSPS) is 11.7. The number of benzene rings is 2. The summed E-state index contributed by atoms with van der Waals surface area (Å²) in [5.74, 6) is -0.590. The van der Waals surface area contributed by atoms with Crippen molar-refractivity contribution in [3.63, 3.8) is 0 Å². The fraction of sp³-hybridized carbons (Fsp3) is 0.174. The Morgan fingerprint density at radius 2 is 1.72 bits per heavy atom. The third kappa shape index (κ3) is 4.32. The SMILES string of the molecule is CCc1nc(-c2ccccc2)cc(=O)n1Cc1cc(-c2ccc(F)c(C(F)(F)F)c2)no1. The molecule has 0 aliphatic rings. The molecule has 0 spiro atoms. The highest BCUT2D eigenvalue weighted by Gasteiger charge is 2.34. The van der Waals surface area contributed by atoms with E-state index in [1.54, 1.807) is 0 Å². The Hall–Kier alpha value is -3.75. The van der Waals surface area contributed by atoms with Crippen LogP contribution in [0.5, 0.6) is 0 Å². The maximum Gasteiger partial charge on any atom is 0.419 e. The molecule has 0 amide bonds. The van der Waals surface area contributed by atoms with Crippen LogP contribution in [0.3, 0.4) is 0 Å². The van der Waals surface area contributed by atoms with Crippen molar-refractivity contribution in [2.24, 2.45) is 0 Å². The zero-order valence-corrected chi connectivity index (χ0v) is 16.9. The third-order valence-electron chi connectivity index (χ3n) is 4.91. The molecule has 0 N–H and O–H groups in total. The van der Waals surface area contributed by atoms with E-state index in [2.05, 4.69) is 10.1 Å². The van der Waals surface area contributed by atoms with Crippen LogP contribution < -0.4 is 5.56 Å². The lowest BCUT2D eigenvalue weighted by atomic mass is 10.1. The third-order valence-corrected chi connectivity index (χ3v) is 4.91. The van der Waals surface area contributed by atoms with E-state index in [0.29, 0.717) is 24.0 Å². The lowest BCUT2D eigenvalue weighted by Crippen LogP contribution is -2.25. The number of aryl methyl sites for hydroxylation is 1. The zero-order valence-electron chi connectivity index (χ0n) is 16.9. The van der Waals surface area contributed by atoms with Crippen molar-refractivity contribution in [3.8, 4) is 22.5 Å². The number of aromatic nitrogens is 3. The molecular weight excluding hydrogens is 426 g/mol. The Kier molecular flexibility index (Phi) is 5.65. The molecule has 32 heavy (non-hydrogen) atoms. The first-order valence-corrected chi connectivity index (χ1v) is 9.75. The van der Waals surface area contributed by atoms with E-state index in [4.69, 9.17) is 4.52 Å². The summed E-state index contributed by atoms with van der Waals surface area (Å²) in [7, 11) is 0. The summed E-state index contributed by atoms with van der Waals surface area (Å²) in [5, 5.41) is 3.79. The van der Waals surface area contributed by atoms with Crippen molar-refractivity contribution in [3.05, 3.63) is 94.0 Å². The van der Waals surface area contributed by atoms with E-state index in [1.165, 1.54) is 22.8 Å². The fourth-order valence-corrected chi connectivity index (χ4v) is 3.33. The van der Waals surface area contributed by atoms with E-state index >= 15 is 0 Å². The van der Waals surface area contributed by atoms with Crippen LogP contribution in [0.25, 0.3) is 22.5 Å². The molecule has 2 aromatic heterocycles. The predicted molar refractivity (Wildman–Crippen MR) is 109 cm³/mol. The smallest absolute Gasteiger partial charge is 0.359 e. The Morgan fingerprint density at radius 3 is 2.41 bits per heavy atom. The van der Waals surface area contributed by atoms with Gasteiger partial charge in [-0.25, -0.2) is 9.37 Å². The van der Waals surface area contributed by atoms with Gasteiger partial charge < -0.3 is 4.52 Å². The quantitative estimate of drug-likeness (QED) is 0.391.